The number of amides is 1. The van der Waals surface area contributed by atoms with Gasteiger partial charge in [-0.25, -0.2) is 0 Å². The van der Waals surface area contributed by atoms with Crippen LogP contribution in [0, 0.1) is 0 Å². The van der Waals surface area contributed by atoms with E-state index in [0.29, 0.717) is 13.2 Å². The van der Waals surface area contributed by atoms with E-state index < -0.39 is 11.4 Å². The smallest absolute Gasteiger partial charge is 0.238 e. The van der Waals surface area contributed by atoms with Crippen molar-refractivity contribution in [2.75, 3.05) is 33.9 Å². The first kappa shape index (κ1) is 13.4. The third-order valence-corrected chi connectivity index (χ3v) is 2.05. The molecule has 0 heterocycles. The Morgan fingerprint density at radius 1 is 1.57 bits per heavy atom. The number of carbonyl (C=O) groups excluding carboxylic acids is 1. The van der Waals surface area contributed by atoms with E-state index in [4.69, 9.17) is 16.2 Å². The number of primary amides is 1. The van der Waals surface area contributed by atoms with Crippen LogP contribution in [0.4, 0.5) is 0 Å². The van der Waals surface area contributed by atoms with Crippen molar-refractivity contribution in [2.45, 2.75) is 18.9 Å². The summed E-state index contributed by atoms with van der Waals surface area (Å²) in [4.78, 5) is 12.9. The summed E-state index contributed by atoms with van der Waals surface area (Å²) >= 11 is 0. The number of carbonyl (C=O) groups is 1. The van der Waals surface area contributed by atoms with E-state index in [1.165, 1.54) is 0 Å². The van der Waals surface area contributed by atoms with Gasteiger partial charge in [-0.1, -0.05) is 0 Å². The van der Waals surface area contributed by atoms with Crippen LogP contribution in [-0.2, 0) is 9.53 Å². The number of ether oxygens (including phenoxy) is 1. The molecule has 5 nitrogen and oxygen atoms in total. The van der Waals surface area contributed by atoms with Crippen LogP contribution in [0.2, 0.25) is 0 Å². The maximum atomic E-state index is 10.9. The third kappa shape index (κ3) is 5.16. The Morgan fingerprint density at radius 3 is 2.57 bits per heavy atom. The summed E-state index contributed by atoms with van der Waals surface area (Å²) in [5.41, 5.74) is 9.92. The van der Waals surface area contributed by atoms with Crippen molar-refractivity contribution >= 4 is 5.91 Å². The Labute approximate surface area is 85.4 Å². The van der Waals surface area contributed by atoms with Gasteiger partial charge in [0.05, 0.1) is 0 Å². The summed E-state index contributed by atoms with van der Waals surface area (Å²) in [6.07, 6.45) is 0.918. The molecule has 0 aromatic carbocycles. The molecule has 1 atom stereocenters. The van der Waals surface area contributed by atoms with Gasteiger partial charge in [-0.15, -0.1) is 0 Å². The molecule has 1 amide bonds. The number of rotatable bonds is 7. The zero-order chi connectivity index (χ0) is 11.2. The minimum atomic E-state index is -0.957. The van der Waals surface area contributed by atoms with Crippen LogP contribution in [0.25, 0.3) is 0 Å². The molecule has 4 N–H and O–H groups in total. The fourth-order valence-electron chi connectivity index (χ4n) is 1.20. The van der Waals surface area contributed by atoms with Crippen LogP contribution in [0.15, 0.2) is 0 Å². The maximum absolute atomic E-state index is 10.9. The Bertz CT molecular complexity index is 183. The Hall–Kier alpha value is -0.650. The molecule has 14 heavy (non-hydrogen) atoms. The van der Waals surface area contributed by atoms with Gasteiger partial charge in [-0.2, -0.15) is 0 Å². The zero-order valence-corrected chi connectivity index (χ0v) is 9.25. The topological polar surface area (TPSA) is 81.6 Å². The van der Waals surface area contributed by atoms with Crippen LogP contribution < -0.4 is 11.5 Å². The van der Waals surface area contributed by atoms with E-state index >= 15 is 0 Å². The molecule has 0 saturated carbocycles. The normalized spacial score (nSPS) is 15.5. The summed E-state index contributed by atoms with van der Waals surface area (Å²) in [5, 5.41) is 0. The number of nitrogens with two attached hydrogens (primary N) is 2. The van der Waals surface area contributed by atoms with Gasteiger partial charge in [0, 0.05) is 26.8 Å². The molecular formula is C9H21N3O2. The van der Waals surface area contributed by atoms with Gasteiger partial charge in [0.15, 0.2) is 0 Å². The van der Waals surface area contributed by atoms with Gasteiger partial charge < -0.3 is 21.1 Å². The van der Waals surface area contributed by atoms with Crippen LogP contribution in [0.3, 0.4) is 0 Å². The molecule has 0 aliphatic heterocycles. The molecule has 0 aromatic heterocycles. The van der Waals surface area contributed by atoms with E-state index in [-0.39, 0.29) is 0 Å². The van der Waals surface area contributed by atoms with Crippen molar-refractivity contribution in [2.24, 2.45) is 11.5 Å². The molecular weight excluding hydrogens is 182 g/mol. The van der Waals surface area contributed by atoms with E-state index in [0.717, 1.165) is 13.0 Å². The van der Waals surface area contributed by atoms with Crippen molar-refractivity contribution in [3.8, 4) is 0 Å². The summed E-state index contributed by atoms with van der Waals surface area (Å²) in [6, 6.07) is 0. The lowest BCUT2D eigenvalue weighted by molar-refractivity contribution is -0.123. The lowest BCUT2D eigenvalue weighted by Crippen LogP contribution is -2.56. The fourth-order valence-corrected chi connectivity index (χ4v) is 1.20. The molecule has 5 heteroatoms. The van der Waals surface area contributed by atoms with Gasteiger partial charge in [-0.3, -0.25) is 4.79 Å². The molecule has 0 radical (unpaired) electrons. The number of nitrogens with zero attached hydrogens (tertiary/aromatic N) is 1. The fraction of sp³-hybridized carbons (Fsp3) is 0.889. The van der Waals surface area contributed by atoms with E-state index in [9.17, 15) is 4.79 Å². The highest BCUT2D eigenvalue weighted by Crippen LogP contribution is 2.01. The minimum Gasteiger partial charge on any atom is -0.385 e. The van der Waals surface area contributed by atoms with E-state index in [1.807, 2.05) is 11.9 Å². The lowest BCUT2D eigenvalue weighted by atomic mass is 10.0. The van der Waals surface area contributed by atoms with E-state index in [1.54, 1.807) is 14.0 Å². The first-order valence-corrected chi connectivity index (χ1v) is 4.66. The van der Waals surface area contributed by atoms with Gasteiger partial charge >= 0.3 is 0 Å². The molecule has 84 valence electrons. The molecule has 0 fully saturated rings. The highest BCUT2D eigenvalue weighted by Gasteiger charge is 2.26. The van der Waals surface area contributed by atoms with Crippen molar-refractivity contribution < 1.29 is 9.53 Å². The molecule has 0 saturated heterocycles. The average molecular weight is 203 g/mol. The number of hydrogen-bond acceptors (Lipinski definition) is 4. The predicted octanol–water partition coefficient (Wildman–Crippen LogP) is -0.843. The molecule has 0 aliphatic carbocycles. The second kappa shape index (κ2) is 5.95. The van der Waals surface area contributed by atoms with Gasteiger partial charge in [-0.05, 0) is 20.4 Å². The first-order valence-electron chi connectivity index (χ1n) is 4.66. The molecule has 0 aromatic rings. The first-order chi connectivity index (χ1) is 6.40. The second-order valence-corrected chi connectivity index (χ2v) is 3.87. The quantitative estimate of drug-likeness (QED) is 0.528. The molecule has 0 bridgehead atoms. The number of hydrogen-bond donors (Lipinski definition) is 2. The SMILES string of the molecule is COCCCN(C)CC(C)(N)C(N)=O. The maximum Gasteiger partial charge on any atom is 0.238 e. The van der Waals surface area contributed by atoms with Crippen LogP contribution in [0.5, 0.6) is 0 Å². The minimum absolute atomic E-state index is 0.464. The zero-order valence-electron chi connectivity index (χ0n) is 9.25. The van der Waals surface area contributed by atoms with Crippen molar-refractivity contribution in [1.29, 1.82) is 0 Å². The number of methoxy groups -OCH3 is 1. The Morgan fingerprint density at radius 2 is 2.14 bits per heavy atom. The summed E-state index contributed by atoms with van der Waals surface area (Å²) in [5.74, 6) is -0.476. The highest BCUT2D eigenvalue weighted by atomic mass is 16.5. The van der Waals surface area contributed by atoms with Gasteiger partial charge in [0.25, 0.3) is 0 Å². The molecule has 0 spiro atoms. The van der Waals surface area contributed by atoms with Crippen molar-refractivity contribution in [1.82, 2.24) is 4.90 Å². The van der Waals surface area contributed by atoms with Crippen LogP contribution in [-0.4, -0.2) is 50.2 Å². The Kier molecular flexibility index (Phi) is 5.68. The predicted molar refractivity (Wildman–Crippen MR) is 55.8 cm³/mol. The largest absolute Gasteiger partial charge is 0.385 e. The second-order valence-electron chi connectivity index (χ2n) is 3.87. The monoisotopic (exact) mass is 203 g/mol. The van der Waals surface area contributed by atoms with Crippen LogP contribution in [0.1, 0.15) is 13.3 Å². The molecule has 0 aliphatic rings. The van der Waals surface area contributed by atoms with Gasteiger partial charge in [0.2, 0.25) is 5.91 Å². The van der Waals surface area contributed by atoms with E-state index in [2.05, 4.69) is 0 Å². The Balaban J connectivity index is 3.81. The lowest BCUT2D eigenvalue weighted by Gasteiger charge is -2.27. The van der Waals surface area contributed by atoms with Crippen molar-refractivity contribution in [3.63, 3.8) is 0 Å². The average Bonchev–Trinajstić information content (AvgIpc) is 2.03. The summed E-state index contributed by atoms with van der Waals surface area (Å²) in [6.45, 7) is 3.66. The standard InChI is InChI=1S/C9H21N3O2/c1-9(11,8(10)13)7-12(2)5-4-6-14-3/h4-7,11H2,1-3H3,(H2,10,13). The van der Waals surface area contributed by atoms with Gasteiger partial charge in [0.1, 0.15) is 5.54 Å². The molecule has 1 unspecified atom stereocenters. The highest BCUT2D eigenvalue weighted by molar-refractivity contribution is 5.84. The summed E-state index contributed by atoms with van der Waals surface area (Å²) in [7, 11) is 3.57. The molecule has 0 rings (SSSR count). The summed E-state index contributed by atoms with van der Waals surface area (Å²) < 4.78 is 4.92. The number of likely N-dealkylation sites (N-methyl/N-ethyl adjacent to an activating group) is 1. The third-order valence-electron chi connectivity index (χ3n) is 2.05. The van der Waals surface area contributed by atoms with Crippen LogP contribution >= 0.6 is 0 Å². The van der Waals surface area contributed by atoms with Crippen molar-refractivity contribution in [3.05, 3.63) is 0 Å².